The Morgan fingerprint density at radius 2 is 1.70 bits per heavy atom. The van der Waals surface area contributed by atoms with Crippen LogP contribution in [0.5, 0.6) is 0 Å². The Balaban J connectivity index is 1.63. The zero-order chi connectivity index (χ0) is 21.5. The van der Waals surface area contributed by atoms with E-state index in [1.54, 1.807) is 12.1 Å². The van der Waals surface area contributed by atoms with Gasteiger partial charge in [0.2, 0.25) is 5.91 Å². The second-order valence-corrected chi connectivity index (χ2v) is 7.71. The fourth-order valence-electron chi connectivity index (χ4n) is 3.17. The summed E-state index contributed by atoms with van der Waals surface area (Å²) >= 11 is 5.89. The minimum atomic E-state index is -0.524. The zero-order valence-corrected chi connectivity index (χ0v) is 17.5. The van der Waals surface area contributed by atoms with Crippen LogP contribution in [0.4, 0.5) is 0 Å². The van der Waals surface area contributed by atoms with Crippen molar-refractivity contribution in [2.75, 3.05) is 0 Å². The van der Waals surface area contributed by atoms with Gasteiger partial charge in [0, 0.05) is 23.3 Å². The van der Waals surface area contributed by atoms with Crippen LogP contribution in [-0.2, 0) is 24.3 Å². The van der Waals surface area contributed by atoms with E-state index in [-0.39, 0.29) is 25.0 Å². The van der Waals surface area contributed by atoms with Gasteiger partial charge in [0.15, 0.2) is 0 Å². The molecule has 3 rings (SSSR count). The van der Waals surface area contributed by atoms with Gasteiger partial charge < -0.3 is 5.32 Å². The number of halogens is 1. The molecule has 7 heteroatoms. The number of carbonyl (C=O) groups excluding carboxylic acids is 1. The highest BCUT2D eigenvalue weighted by molar-refractivity contribution is 6.30. The molecule has 0 spiro atoms. The van der Waals surface area contributed by atoms with Crippen molar-refractivity contribution in [1.29, 1.82) is 0 Å². The van der Waals surface area contributed by atoms with Crippen molar-refractivity contribution < 1.29 is 4.79 Å². The number of hydrogen-bond donors (Lipinski definition) is 1. The van der Waals surface area contributed by atoms with E-state index < -0.39 is 11.2 Å². The van der Waals surface area contributed by atoms with E-state index >= 15 is 0 Å². The van der Waals surface area contributed by atoms with Gasteiger partial charge >= 0.3 is 5.69 Å². The predicted octanol–water partition coefficient (Wildman–Crippen LogP) is 2.85. The highest BCUT2D eigenvalue weighted by atomic mass is 35.5. The summed E-state index contributed by atoms with van der Waals surface area (Å²) in [5, 5.41) is 3.47. The molecular weight excluding hydrogens is 402 g/mol. The highest BCUT2D eigenvalue weighted by Gasteiger charge is 2.13. The predicted molar refractivity (Wildman–Crippen MR) is 118 cm³/mol. The molecule has 0 aliphatic heterocycles. The third-order valence-corrected chi connectivity index (χ3v) is 5.08. The van der Waals surface area contributed by atoms with Crippen molar-refractivity contribution in [1.82, 2.24) is 14.5 Å². The van der Waals surface area contributed by atoms with Crippen LogP contribution in [0.1, 0.15) is 24.5 Å². The van der Waals surface area contributed by atoms with E-state index in [4.69, 9.17) is 11.6 Å². The van der Waals surface area contributed by atoms with Crippen molar-refractivity contribution in [3.63, 3.8) is 0 Å². The molecule has 2 aromatic carbocycles. The third-order valence-electron chi connectivity index (χ3n) is 4.82. The number of benzene rings is 2. The summed E-state index contributed by atoms with van der Waals surface area (Å²) < 4.78 is 2.35. The van der Waals surface area contributed by atoms with Crippen molar-refractivity contribution in [3.05, 3.63) is 104 Å². The lowest BCUT2D eigenvalue weighted by Crippen LogP contribution is -2.44. The number of carbonyl (C=O) groups is 1. The van der Waals surface area contributed by atoms with Gasteiger partial charge in [-0.25, -0.2) is 4.79 Å². The molecule has 30 heavy (non-hydrogen) atoms. The summed E-state index contributed by atoms with van der Waals surface area (Å²) in [6.07, 6.45) is 3.04. The second-order valence-electron chi connectivity index (χ2n) is 7.27. The molecule has 156 valence electrons. The number of aryl methyl sites for hydroxylation is 1. The molecule has 1 N–H and O–H groups in total. The molecule has 0 radical (unpaired) electrons. The molecule has 1 aromatic heterocycles. The lowest BCUT2D eigenvalue weighted by atomic mass is 10.1. The molecule has 0 bridgehead atoms. The van der Waals surface area contributed by atoms with Gasteiger partial charge in [-0.3, -0.25) is 18.7 Å². The molecule has 0 unspecified atom stereocenters. The first-order chi connectivity index (χ1) is 14.4. The quantitative estimate of drug-likeness (QED) is 0.603. The number of nitrogens with zero attached hydrogens (tertiary/aromatic N) is 2. The maximum absolute atomic E-state index is 12.7. The van der Waals surface area contributed by atoms with Crippen LogP contribution in [0, 0.1) is 0 Å². The average molecular weight is 426 g/mol. The van der Waals surface area contributed by atoms with Crippen LogP contribution in [0.25, 0.3) is 0 Å². The molecule has 1 amide bonds. The van der Waals surface area contributed by atoms with Crippen LogP contribution in [-0.4, -0.2) is 21.1 Å². The van der Waals surface area contributed by atoms with Crippen LogP contribution in [0.15, 0.2) is 76.4 Å². The van der Waals surface area contributed by atoms with E-state index in [2.05, 4.69) is 5.32 Å². The fourth-order valence-corrected chi connectivity index (χ4v) is 3.30. The largest absolute Gasteiger partial charge is 0.352 e. The van der Waals surface area contributed by atoms with Crippen LogP contribution >= 0.6 is 11.6 Å². The Kier molecular flexibility index (Phi) is 7.25. The topological polar surface area (TPSA) is 73.1 Å². The first-order valence-corrected chi connectivity index (χ1v) is 10.2. The molecule has 0 fully saturated rings. The number of rotatable bonds is 8. The minimum Gasteiger partial charge on any atom is -0.352 e. The summed E-state index contributed by atoms with van der Waals surface area (Å²) in [4.78, 5) is 37.3. The molecule has 0 saturated heterocycles. The maximum Gasteiger partial charge on any atom is 0.331 e. The van der Waals surface area contributed by atoms with E-state index in [1.807, 2.05) is 49.4 Å². The Labute approximate surface area is 179 Å². The third kappa shape index (κ3) is 5.94. The molecule has 0 aliphatic carbocycles. The van der Waals surface area contributed by atoms with Gasteiger partial charge in [0.1, 0.15) is 6.54 Å². The highest BCUT2D eigenvalue weighted by Crippen LogP contribution is 2.10. The molecular formula is C23H24ClN3O3. The Morgan fingerprint density at radius 3 is 2.40 bits per heavy atom. The fraction of sp³-hybridized carbons (Fsp3) is 0.261. The monoisotopic (exact) mass is 425 g/mol. The van der Waals surface area contributed by atoms with Crippen LogP contribution in [0.2, 0.25) is 5.02 Å². The van der Waals surface area contributed by atoms with E-state index in [1.165, 1.54) is 22.4 Å². The van der Waals surface area contributed by atoms with Crippen molar-refractivity contribution in [3.8, 4) is 0 Å². The van der Waals surface area contributed by atoms with Crippen LogP contribution < -0.4 is 16.6 Å². The Hall–Kier alpha value is -3.12. The lowest BCUT2D eigenvalue weighted by molar-refractivity contribution is -0.122. The minimum absolute atomic E-state index is 0.0755. The number of hydrogen-bond acceptors (Lipinski definition) is 3. The SMILES string of the molecule is C[C@H](CCc1ccccc1)NC(=O)Cn1c(=O)ccn(Cc2ccc(Cl)cc2)c1=O. The molecule has 1 heterocycles. The van der Waals surface area contributed by atoms with Crippen molar-refractivity contribution >= 4 is 17.5 Å². The average Bonchev–Trinajstić information content (AvgIpc) is 2.74. The summed E-state index contributed by atoms with van der Waals surface area (Å²) in [6, 6.07) is 18.3. The van der Waals surface area contributed by atoms with E-state index in [9.17, 15) is 14.4 Å². The summed E-state index contributed by atoms with van der Waals surface area (Å²) in [7, 11) is 0. The van der Waals surface area contributed by atoms with Gasteiger partial charge in [0.25, 0.3) is 5.56 Å². The smallest absolute Gasteiger partial charge is 0.331 e. The summed E-state index contributed by atoms with van der Waals surface area (Å²) in [5.74, 6) is -0.362. The summed E-state index contributed by atoms with van der Waals surface area (Å²) in [6.45, 7) is 1.88. The van der Waals surface area contributed by atoms with Gasteiger partial charge in [-0.2, -0.15) is 0 Å². The van der Waals surface area contributed by atoms with Gasteiger partial charge in [-0.1, -0.05) is 54.1 Å². The Morgan fingerprint density at radius 1 is 1.00 bits per heavy atom. The Bertz CT molecular complexity index is 1110. The molecule has 1 atom stereocenters. The number of nitrogens with one attached hydrogen (secondary N) is 1. The van der Waals surface area contributed by atoms with E-state index in [0.717, 1.165) is 23.0 Å². The van der Waals surface area contributed by atoms with Crippen molar-refractivity contribution in [2.24, 2.45) is 0 Å². The zero-order valence-electron chi connectivity index (χ0n) is 16.8. The second kappa shape index (κ2) is 10.1. The van der Waals surface area contributed by atoms with Crippen molar-refractivity contribution in [2.45, 2.75) is 38.9 Å². The molecule has 6 nitrogen and oxygen atoms in total. The standard InChI is InChI=1S/C23H24ClN3O3/c1-17(7-8-18-5-3-2-4-6-18)25-21(28)16-27-22(29)13-14-26(23(27)30)15-19-9-11-20(24)12-10-19/h2-6,9-14,17H,7-8,15-16H2,1H3,(H,25,28)/t17-/m1/s1. The number of amides is 1. The number of aromatic nitrogens is 2. The normalized spacial score (nSPS) is 11.8. The van der Waals surface area contributed by atoms with E-state index in [0.29, 0.717) is 5.02 Å². The summed E-state index contributed by atoms with van der Waals surface area (Å²) in [5.41, 5.74) is 1.04. The molecule has 0 saturated carbocycles. The molecule has 3 aromatic rings. The first kappa shape index (κ1) is 21.6. The van der Waals surface area contributed by atoms with Gasteiger partial charge in [0.05, 0.1) is 6.54 Å². The van der Waals surface area contributed by atoms with Gasteiger partial charge in [-0.05, 0) is 43.0 Å². The van der Waals surface area contributed by atoms with Gasteiger partial charge in [-0.15, -0.1) is 0 Å². The van der Waals surface area contributed by atoms with Crippen LogP contribution in [0.3, 0.4) is 0 Å². The lowest BCUT2D eigenvalue weighted by Gasteiger charge is -2.15. The maximum atomic E-state index is 12.7. The molecule has 0 aliphatic rings. The first-order valence-electron chi connectivity index (χ1n) is 9.80.